The van der Waals surface area contributed by atoms with Crippen molar-refractivity contribution in [1.82, 2.24) is 9.80 Å². The normalized spacial score (nSPS) is 15.5. The number of amides is 2. The van der Waals surface area contributed by atoms with Gasteiger partial charge in [-0.3, -0.25) is 9.59 Å². The van der Waals surface area contributed by atoms with Crippen molar-refractivity contribution in [1.29, 1.82) is 0 Å². The molecule has 0 unspecified atom stereocenters. The minimum atomic E-state index is -0.228. The summed E-state index contributed by atoms with van der Waals surface area (Å²) in [4.78, 5) is 27.3. The minimum Gasteiger partial charge on any atom is -0.488 e. The largest absolute Gasteiger partial charge is 0.488 e. The second kappa shape index (κ2) is 7.02. The van der Waals surface area contributed by atoms with E-state index in [0.717, 1.165) is 11.3 Å². The molecule has 0 aromatic heterocycles. The Balaban J connectivity index is 1.87. The standard InChI is InChI=1S/C18H26N2O3/c1-14(21)19-9-11-20(12-10-19)17(22)13-15-5-7-16(8-6-15)23-18(2,3)4/h5-8H,9-13H2,1-4H3. The van der Waals surface area contributed by atoms with E-state index in [1.165, 1.54) is 0 Å². The van der Waals surface area contributed by atoms with Gasteiger partial charge in [-0.25, -0.2) is 0 Å². The fourth-order valence-corrected chi connectivity index (χ4v) is 2.59. The van der Waals surface area contributed by atoms with Gasteiger partial charge in [-0.05, 0) is 38.5 Å². The quantitative estimate of drug-likeness (QED) is 0.857. The van der Waals surface area contributed by atoms with Crippen LogP contribution in [-0.2, 0) is 16.0 Å². The van der Waals surface area contributed by atoms with Crippen molar-refractivity contribution in [3.63, 3.8) is 0 Å². The summed E-state index contributed by atoms with van der Waals surface area (Å²) in [5.74, 6) is 0.994. The molecule has 2 rings (SSSR count). The van der Waals surface area contributed by atoms with Crippen molar-refractivity contribution in [2.45, 2.75) is 39.7 Å². The number of ether oxygens (including phenoxy) is 1. The predicted octanol–water partition coefficient (Wildman–Crippen LogP) is 2.10. The van der Waals surface area contributed by atoms with E-state index >= 15 is 0 Å². The number of piperazine rings is 1. The van der Waals surface area contributed by atoms with Gasteiger partial charge in [-0.2, -0.15) is 0 Å². The molecule has 0 atom stereocenters. The number of rotatable bonds is 3. The van der Waals surface area contributed by atoms with Gasteiger partial charge in [-0.15, -0.1) is 0 Å². The summed E-state index contributed by atoms with van der Waals surface area (Å²) in [6.07, 6.45) is 0.385. The van der Waals surface area contributed by atoms with Crippen LogP contribution in [0.5, 0.6) is 5.75 Å². The number of hydrogen-bond donors (Lipinski definition) is 0. The molecule has 0 N–H and O–H groups in total. The third kappa shape index (κ3) is 5.27. The van der Waals surface area contributed by atoms with Gasteiger partial charge in [0.2, 0.25) is 11.8 Å². The lowest BCUT2D eigenvalue weighted by molar-refractivity contribution is -0.138. The zero-order chi connectivity index (χ0) is 17.0. The van der Waals surface area contributed by atoms with Crippen LogP contribution in [-0.4, -0.2) is 53.4 Å². The molecule has 23 heavy (non-hydrogen) atoms. The van der Waals surface area contributed by atoms with Crippen molar-refractivity contribution in [3.8, 4) is 5.75 Å². The molecule has 0 radical (unpaired) electrons. The first-order chi connectivity index (χ1) is 10.7. The van der Waals surface area contributed by atoms with E-state index in [9.17, 15) is 9.59 Å². The average Bonchev–Trinajstić information content (AvgIpc) is 2.48. The Hall–Kier alpha value is -2.04. The zero-order valence-corrected chi connectivity index (χ0v) is 14.5. The van der Waals surface area contributed by atoms with E-state index < -0.39 is 0 Å². The number of benzene rings is 1. The number of nitrogens with zero attached hydrogens (tertiary/aromatic N) is 2. The smallest absolute Gasteiger partial charge is 0.227 e. The Morgan fingerprint density at radius 3 is 2.00 bits per heavy atom. The predicted molar refractivity (Wildman–Crippen MR) is 89.4 cm³/mol. The summed E-state index contributed by atoms with van der Waals surface area (Å²) < 4.78 is 5.78. The lowest BCUT2D eigenvalue weighted by atomic mass is 10.1. The Morgan fingerprint density at radius 2 is 1.52 bits per heavy atom. The molecular formula is C18H26N2O3. The third-order valence-corrected chi connectivity index (χ3v) is 3.78. The molecule has 0 spiro atoms. The molecule has 126 valence electrons. The summed E-state index contributed by atoms with van der Waals surface area (Å²) in [6.45, 7) is 10.1. The zero-order valence-electron chi connectivity index (χ0n) is 14.5. The molecule has 1 aromatic carbocycles. The molecule has 1 aliphatic heterocycles. The van der Waals surface area contributed by atoms with E-state index in [1.54, 1.807) is 11.8 Å². The van der Waals surface area contributed by atoms with Crippen LogP contribution in [0.15, 0.2) is 24.3 Å². The van der Waals surface area contributed by atoms with E-state index in [2.05, 4.69) is 0 Å². The van der Waals surface area contributed by atoms with Gasteiger partial charge in [-0.1, -0.05) is 12.1 Å². The first-order valence-corrected chi connectivity index (χ1v) is 8.06. The Morgan fingerprint density at radius 1 is 1.00 bits per heavy atom. The van der Waals surface area contributed by atoms with Crippen LogP contribution in [0.3, 0.4) is 0 Å². The van der Waals surface area contributed by atoms with Gasteiger partial charge >= 0.3 is 0 Å². The van der Waals surface area contributed by atoms with E-state index in [-0.39, 0.29) is 17.4 Å². The Bertz CT molecular complexity index is 553. The number of carbonyl (C=O) groups is 2. The van der Waals surface area contributed by atoms with Gasteiger partial charge in [0.25, 0.3) is 0 Å². The molecule has 0 aliphatic carbocycles. The fraction of sp³-hybridized carbons (Fsp3) is 0.556. The van der Waals surface area contributed by atoms with Crippen LogP contribution in [0, 0.1) is 0 Å². The van der Waals surface area contributed by atoms with Crippen LogP contribution >= 0.6 is 0 Å². The highest BCUT2D eigenvalue weighted by Crippen LogP contribution is 2.19. The maximum Gasteiger partial charge on any atom is 0.227 e. The molecular weight excluding hydrogens is 292 g/mol. The van der Waals surface area contributed by atoms with Gasteiger partial charge in [0.05, 0.1) is 6.42 Å². The van der Waals surface area contributed by atoms with Crippen LogP contribution < -0.4 is 4.74 Å². The number of carbonyl (C=O) groups excluding carboxylic acids is 2. The fourth-order valence-electron chi connectivity index (χ4n) is 2.59. The summed E-state index contributed by atoms with van der Waals surface area (Å²) in [7, 11) is 0. The van der Waals surface area contributed by atoms with E-state index in [4.69, 9.17) is 4.74 Å². The summed E-state index contributed by atoms with van der Waals surface area (Å²) in [5, 5.41) is 0. The highest BCUT2D eigenvalue weighted by Gasteiger charge is 2.22. The first kappa shape index (κ1) is 17.3. The second-order valence-corrected chi connectivity index (χ2v) is 6.92. The van der Waals surface area contributed by atoms with Gasteiger partial charge in [0.15, 0.2) is 0 Å². The highest BCUT2D eigenvalue weighted by atomic mass is 16.5. The van der Waals surface area contributed by atoms with E-state index in [1.807, 2.05) is 49.9 Å². The van der Waals surface area contributed by atoms with Crippen LogP contribution in [0.4, 0.5) is 0 Å². The molecule has 0 saturated carbocycles. The van der Waals surface area contributed by atoms with Crippen molar-refractivity contribution in [2.75, 3.05) is 26.2 Å². The topological polar surface area (TPSA) is 49.9 Å². The SMILES string of the molecule is CC(=O)N1CCN(C(=O)Cc2ccc(OC(C)(C)C)cc2)CC1. The Kier molecular flexibility index (Phi) is 5.29. The van der Waals surface area contributed by atoms with Crippen molar-refractivity contribution in [2.24, 2.45) is 0 Å². The maximum atomic E-state index is 12.3. The Labute approximate surface area is 138 Å². The summed E-state index contributed by atoms with van der Waals surface area (Å²) in [5.41, 5.74) is 0.749. The van der Waals surface area contributed by atoms with E-state index in [0.29, 0.717) is 32.6 Å². The summed E-state index contributed by atoms with van der Waals surface area (Å²) >= 11 is 0. The first-order valence-electron chi connectivity index (χ1n) is 8.06. The molecule has 1 aromatic rings. The molecule has 5 nitrogen and oxygen atoms in total. The second-order valence-electron chi connectivity index (χ2n) is 6.92. The molecule has 1 heterocycles. The van der Waals surface area contributed by atoms with Crippen LogP contribution in [0.1, 0.15) is 33.3 Å². The average molecular weight is 318 g/mol. The molecule has 5 heteroatoms. The molecule has 1 saturated heterocycles. The summed E-state index contributed by atoms with van der Waals surface area (Å²) in [6, 6.07) is 7.68. The van der Waals surface area contributed by atoms with Crippen molar-refractivity contribution >= 4 is 11.8 Å². The third-order valence-electron chi connectivity index (χ3n) is 3.78. The van der Waals surface area contributed by atoms with Crippen molar-refractivity contribution < 1.29 is 14.3 Å². The van der Waals surface area contributed by atoms with Gasteiger partial charge in [0, 0.05) is 33.1 Å². The monoisotopic (exact) mass is 318 g/mol. The van der Waals surface area contributed by atoms with Crippen LogP contribution in [0.25, 0.3) is 0 Å². The molecule has 1 aliphatic rings. The van der Waals surface area contributed by atoms with Gasteiger partial charge in [0.1, 0.15) is 11.4 Å². The minimum absolute atomic E-state index is 0.0755. The molecule has 0 bridgehead atoms. The number of hydrogen-bond acceptors (Lipinski definition) is 3. The van der Waals surface area contributed by atoms with Gasteiger partial charge < -0.3 is 14.5 Å². The van der Waals surface area contributed by atoms with Crippen molar-refractivity contribution in [3.05, 3.63) is 29.8 Å². The lowest BCUT2D eigenvalue weighted by Gasteiger charge is -2.34. The molecule has 1 fully saturated rings. The maximum absolute atomic E-state index is 12.3. The lowest BCUT2D eigenvalue weighted by Crippen LogP contribution is -2.50. The molecule has 2 amide bonds. The highest BCUT2D eigenvalue weighted by molar-refractivity contribution is 5.79. The van der Waals surface area contributed by atoms with Crippen LogP contribution in [0.2, 0.25) is 0 Å².